The van der Waals surface area contributed by atoms with Crippen LogP contribution in [0.25, 0.3) is 11.4 Å². The van der Waals surface area contributed by atoms with Crippen LogP contribution in [0.5, 0.6) is 11.5 Å². The van der Waals surface area contributed by atoms with Gasteiger partial charge in [-0.25, -0.2) is 0 Å². The number of nitrogens with one attached hydrogen (secondary N) is 1. The maximum atomic E-state index is 12.4. The van der Waals surface area contributed by atoms with Gasteiger partial charge in [-0.2, -0.15) is 0 Å². The number of carbonyl (C=O) groups excluding carboxylic acids is 1. The first kappa shape index (κ1) is 18.7. The second kappa shape index (κ2) is 8.55. The molecule has 0 radical (unpaired) electrons. The minimum absolute atomic E-state index is 0.113. The average Bonchev–Trinajstić information content (AvgIpc) is 3.16. The van der Waals surface area contributed by atoms with E-state index in [4.69, 9.17) is 9.47 Å². The first-order chi connectivity index (χ1) is 14.2. The van der Waals surface area contributed by atoms with Gasteiger partial charge in [0, 0.05) is 49.1 Å². The van der Waals surface area contributed by atoms with Crippen molar-refractivity contribution < 1.29 is 14.3 Å². The van der Waals surface area contributed by atoms with E-state index in [9.17, 15) is 4.79 Å². The second-order valence-corrected chi connectivity index (χ2v) is 6.49. The molecule has 1 N–H and O–H groups in total. The van der Waals surface area contributed by atoms with Gasteiger partial charge in [0.1, 0.15) is 19.0 Å². The fourth-order valence-corrected chi connectivity index (χ4v) is 3.12. The van der Waals surface area contributed by atoms with Gasteiger partial charge < -0.3 is 19.4 Å². The lowest BCUT2D eigenvalue weighted by Crippen LogP contribution is -2.17. The molecular formula is C21H21N5O3. The fourth-order valence-electron chi connectivity index (χ4n) is 3.12. The number of aryl methyl sites for hydroxylation is 1. The minimum atomic E-state index is -0.113. The van der Waals surface area contributed by atoms with Crippen LogP contribution in [0.3, 0.4) is 0 Å². The average molecular weight is 391 g/mol. The van der Waals surface area contributed by atoms with Crippen LogP contribution in [0.2, 0.25) is 0 Å². The molecule has 8 heteroatoms. The van der Waals surface area contributed by atoms with Gasteiger partial charge in [0.2, 0.25) is 5.91 Å². The summed E-state index contributed by atoms with van der Waals surface area (Å²) in [5, 5.41) is 11.4. The van der Waals surface area contributed by atoms with Gasteiger partial charge in [-0.1, -0.05) is 6.08 Å². The van der Waals surface area contributed by atoms with Crippen molar-refractivity contribution in [1.82, 2.24) is 19.7 Å². The highest BCUT2D eigenvalue weighted by Gasteiger charge is 2.16. The largest absolute Gasteiger partial charge is 0.486 e. The van der Waals surface area contributed by atoms with Crippen LogP contribution in [0.4, 0.5) is 5.69 Å². The van der Waals surface area contributed by atoms with Crippen LogP contribution in [0, 0.1) is 0 Å². The molecule has 0 unspecified atom stereocenters. The van der Waals surface area contributed by atoms with E-state index in [0.717, 1.165) is 11.4 Å². The zero-order valence-corrected chi connectivity index (χ0v) is 15.9. The third kappa shape index (κ3) is 4.26. The van der Waals surface area contributed by atoms with Crippen molar-refractivity contribution in [3.8, 4) is 22.9 Å². The number of hydrogen-bond donors (Lipinski definition) is 1. The van der Waals surface area contributed by atoms with E-state index >= 15 is 0 Å². The third-order valence-corrected chi connectivity index (χ3v) is 4.46. The Morgan fingerprint density at radius 3 is 2.86 bits per heavy atom. The number of nitrogens with zero attached hydrogens (tertiary/aromatic N) is 4. The Hall–Kier alpha value is -3.68. The van der Waals surface area contributed by atoms with E-state index in [1.807, 2.05) is 16.7 Å². The molecule has 1 aliphatic heterocycles. The van der Waals surface area contributed by atoms with E-state index < -0.39 is 0 Å². The van der Waals surface area contributed by atoms with E-state index in [1.54, 1.807) is 36.7 Å². The highest BCUT2D eigenvalue weighted by Crippen LogP contribution is 2.32. The number of allylic oxidation sites excluding steroid dienone is 1. The summed E-state index contributed by atoms with van der Waals surface area (Å²) < 4.78 is 13.0. The van der Waals surface area contributed by atoms with Crippen molar-refractivity contribution in [2.75, 3.05) is 18.5 Å². The van der Waals surface area contributed by atoms with Crippen LogP contribution in [-0.4, -0.2) is 38.9 Å². The molecule has 0 atom stereocenters. The molecule has 8 nitrogen and oxygen atoms in total. The first-order valence-corrected chi connectivity index (χ1v) is 9.37. The van der Waals surface area contributed by atoms with Crippen LogP contribution in [0.15, 0.2) is 55.4 Å². The Morgan fingerprint density at radius 2 is 2.07 bits per heavy atom. The Balaban J connectivity index is 1.43. The molecule has 0 saturated carbocycles. The summed E-state index contributed by atoms with van der Waals surface area (Å²) in [5.41, 5.74) is 1.54. The molecule has 2 aromatic heterocycles. The fraction of sp³-hybridized carbons (Fsp3) is 0.238. The predicted octanol–water partition coefficient (Wildman–Crippen LogP) is 2.87. The van der Waals surface area contributed by atoms with Crippen molar-refractivity contribution in [3.05, 3.63) is 61.2 Å². The summed E-state index contributed by atoms with van der Waals surface area (Å²) in [6, 6.07) is 9.14. The molecule has 4 rings (SSSR count). The summed E-state index contributed by atoms with van der Waals surface area (Å²) in [4.78, 5) is 16.6. The lowest BCUT2D eigenvalue weighted by Gasteiger charge is -2.19. The zero-order chi connectivity index (χ0) is 20.1. The van der Waals surface area contributed by atoms with Crippen LogP contribution < -0.4 is 14.8 Å². The quantitative estimate of drug-likeness (QED) is 0.623. The predicted molar refractivity (Wildman–Crippen MR) is 108 cm³/mol. The third-order valence-electron chi connectivity index (χ3n) is 4.46. The number of amides is 1. The normalized spacial score (nSPS) is 12.4. The molecular weight excluding hydrogens is 370 g/mol. The Labute approximate surface area is 168 Å². The molecule has 0 bridgehead atoms. The number of rotatable bonds is 7. The summed E-state index contributed by atoms with van der Waals surface area (Å²) >= 11 is 0. The number of hydrogen-bond acceptors (Lipinski definition) is 6. The molecule has 0 spiro atoms. The first-order valence-electron chi connectivity index (χ1n) is 9.37. The van der Waals surface area contributed by atoms with Crippen molar-refractivity contribution in [2.24, 2.45) is 0 Å². The molecule has 1 aromatic carbocycles. The van der Waals surface area contributed by atoms with E-state index in [1.165, 1.54) is 0 Å². The van der Waals surface area contributed by atoms with Gasteiger partial charge >= 0.3 is 0 Å². The number of aromatic nitrogens is 4. The standard InChI is InChI=1S/C21H21N5O3/c1-2-10-26-19(24-25-21(26)15-4-3-9-22-14-15)7-8-20(27)23-16-5-6-17-18(13-16)29-12-11-28-17/h2-6,9,13-14H,1,7-8,10-12H2,(H,23,27). The number of carbonyl (C=O) groups is 1. The second-order valence-electron chi connectivity index (χ2n) is 6.49. The molecule has 148 valence electrons. The van der Waals surface area contributed by atoms with Crippen molar-refractivity contribution in [2.45, 2.75) is 19.4 Å². The summed E-state index contributed by atoms with van der Waals surface area (Å²) in [6.07, 6.45) is 5.96. The smallest absolute Gasteiger partial charge is 0.224 e. The maximum absolute atomic E-state index is 12.4. The minimum Gasteiger partial charge on any atom is -0.486 e. The summed E-state index contributed by atoms with van der Waals surface area (Å²) in [6.45, 7) is 5.39. The molecule has 1 aliphatic rings. The van der Waals surface area contributed by atoms with Gasteiger partial charge in [0.15, 0.2) is 17.3 Å². The van der Waals surface area contributed by atoms with Gasteiger partial charge in [-0.05, 0) is 24.3 Å². The van der Waals surface area contributed by atoms with Crippen molar-refractivity contribution >= 4 is 11.6 Å². The zero-order valence-electron chi connectivity index (χ0n) is 15.9. The Kier molecular flexibility index (Phi) is 5.51. The SMILES string of the molecule is C=CCn1c(CCC(=O)Nc2ccc3c(c2)OCCO3)nnc1-c1cccnc1. The van der Waals surface area contributed by atoms with E-state index in [2.05, 4.69) is 27.1 Å². The lowest BCUT2D eigenvalue weighted by atomic mass is 10.2. The summed E-state index contributed by atoms with van der Waals surface area (Å²) in [7, 11) is 0. The number of fused-ring (bicyclic) bond motifs is 1. The molecule has 29 heavy (non-hydrogen) atoms. The number of ether oxygens (including phenoxy) is 2. The van der Waals surface area contributed by atoms with Gasteiger partial charge in [0.05, 0.1) is 0 Å². The van der Waals surface area contributed by atoms with Gasteiger partial charge in [-0.15, -0.1) is 16.8 Å². The molecule has 0 aliphatic carbocycles. The molecule has 3 heterocycles. The molecule has 3 aromatic rings. The lowest BCUT2D eigenvalue weighted by molar-refractivity contribution is -0.116. The van der Waals surface area contributed by atoms with E-state index in [0.29, 0.717) is 49.2 Å². The molecule has 0 fully saturated rings. The monoisotopic (exact) mass is 391 g/mol. The van der Waals surface area contributed by atoms with Gasteiger partial charge in [-0.3, -0.25) is 9.78 Å². The molecule has 1 amide bonds. The molecule has 0 saturated heterocycles. The highest BCUT2D eigenvalue weighted by atomic mass is 16.6. The maximum Gasteiger partial charge on any atom is 0.224 e. The van der Waals surface area contributed by atoms with Crippen LogP contribution >= 0.6 is 0 Å². The van der Waals surface area contributed by atoms with E-state index in [-0.39, 0.29) is 12.3 Å². The van der Waals surface area contributed by atoms with Crippen LogP contribution in [0.1, 0.15) is 12.2 Å². The Bertz CT molecular complexity index is 1020. The highest BCUT2D eigenvalue weighted by molar-refractivity contribution is 5.91. The topological polar surface area (TPSA) is 91.2 Å². The number of benzene rings is 1. The van der Waals surface area contributed by atoms with Crippen molar-refractivity contribution in [3.63, 3.8) is 0 Å². The van der Waals surface area contributed by atoms with Crippen LogP contribution in [-0.2, 0) is 17.8 Å². The van der Waals surface area contributed by atoms with Gasteiger partial charge in [0.25, 0.3) is 0 Å². The summed E-state index contributed by atoms with van der Waals surface area (Å²) in [5.74, 6) is 2.65. The number of pyridine rings is 1. The van der Waals surface area contributed by atoms with Crippen molar-refractivity contribution in [1.29, 1.82) is 0 Å². The Morgan fingerprint density at radius 1 is 1.21 bits per heavy atom. The number of anilines is 1.